The van der Waals surface area contributed by atoms with Crippen LogP contribution >= 0.6 is 11.8 Å². The van der Waals surface area contributed by atoms with E-state index in [1.54, 1.807) is 0 Å². The molecule has 0 bridgehead atoms. The molecular formula is C18H29NS. The van der Waals surface area contributed by atoms with Gasteiger partial charge in [0.15, 0.2) is 0 Å². The van der Waals surface area contributed by atoms with Crippen molar-refractivity contribution in [2.45, 2.75) is 52.5 Å². The standard InChI is InChI=1S/C18H29NS/c1-13-9-14(2)18(15(3)10-13)17(19-4)12-20-11-16-7-5-6-8-16/h9-10,16-17,19H,5-8,11-12H2,1-4H3. The van der Waals surface area contributed by atoms with Crippen molar-refractivity contribution in [1.29, 1.82) is 0 Å². The molecule has 1 fully saturated rings. The molecule has 112 valence electrons. The molecule has 1 aliphatic carbocycles. The van der Waals surface area contributed by atoms with Crippen LogP contribution in [0, 0.1) is 26.7 Å². The summed E-state index contributed by atoms with van der Waals surface area (Å²) in [5.41, 5.74) is 5.75. The maximum Gasteiger partial charge on any atom is 0.0414 e. The van der Waals surface area contributed by atoms with E-state index in [9.17, 15) is 0 Å². The molecule has 2 rings (SSSR count). The van der Waals surface area contributed by atoms with Gasteiger partial charge in [-0.25, -0.2) is 0 Å². The van der Waals surface area contributed by atoms with E-state index in [-0.39, 0.29) is 0 Å². The molecule has 1 N–H and O–H groups in total. The number of nitrogens with one attached hydrogen (secondary N) is 1. The normalized spacial score (nSPS) is 17.6. The zero-order chi connectivity index (χ0) is 14.5. The summed E-state index contributed by atoms with van der Waals surface area (Å²) in [5, 5.41) is 3.52. The number of rotatable bonds is 6. The number of hydrogen-bond acceptors (Lipinski definition) is 2. The van der Waals surface area contributed by atoms with Crippen LogP contribution in [-0.2, 0) is 0 Å². The largest absolute Gasteiger partial charge is 0.312 e. The van der Waals surface area contributed by atoms with E-state index in [4.69, 9.17) is 0 Å². The Hall–Kier alpha value is -0.470. The highest BCUT2D eigenvalue weighted by atomic mass is 32.2. The summed E-state index contributed by atoms with van der Waals surface area (Å²) in [7, 11) is 2.10. The molecule has 1 atom stereocenters. The Balaban J connectivity index is 1.97. The van der Waals surface area contributed by atoms with Crippen LogP contribution < -0.4 is 5.32 Å². The third kappa shape index (κ3) is 4.02. The molecule has 1 aromatic rings. The minimum absolute atomic E-state index is 0.488. The first kappa shape index (κ1) is 15.9. The molecule has 0 spiro atoms. The van der Waals surface area contributed by atoms with Crippen LogP contribution in [0.3, 0.4) is 0 Å². The number of thioether (sulfide) groups is 1. The van der Waals surface area contributed by atoms with Gasteiger partial charge in [0.1, 0.15) is 0 Å². The zero-order valence-electron chi connectivity index (χ0n) is 13.5. The summed E-state index contributed by atoms with van der Waals surface area (Å²) in [5.74, 6) is 3.53. The number of benzene rings is 1. The molecule has 1 aromatic carbocycles. The first-order valence-electron chi connectivity index (χ1n) is 7.94. The molecule has 1 aliphatic rings. The van der Waals surface area contributed by atoms with E-state index in [2.05, 4.69) is 57.0 Å². The Labute approximate surface area is 128 Å². The predicted octanol–water partition coefficient (Wildman–Crippen LogP) is 4.80. The molecule has 0 saturated heterocycles. The quantitative estimate of drug-likeness (QED) is 0.808. The Morgan fingerprint density at radius 1 is 1.15 bits per heavy atom. The second kappa shape index (κ2) is 7.51. The van der Waals surface area contributed by atoms with Crippen LogP contribution in [0.2, 0.25) is 0 Å². The topological polar surface area (TPSA) is 12.0 Å². The number of hydrogen-bond donors (Lipinski definition) is 1. The summed E-state index contributed by atoms with van der Waals surface area (Å²) in [6.07, 6.45) is 5.83. The molecule has 2 heteroatoms. The van der Waals surface area contributed by atoms with Gasteiger partial charge in [-0.3, -0.25) is 0 Å². The maximum atomic E-state index is 3.52. The Morgan fingerprint density at radius 3 is 2.30 bits per heavy atom. The van der Waals surface area contributed by atoms with E-state index in [1.165, 1.54) is 59.4 Å². The molecule has 1 saturated carbocycles. The van der Waals surface area contributed by atoms with Crippen LogP contribution in [0.25, 0.3) is 0 Å². The zero-order valence-corrected chi connectivity index (χ0v) is 14.3. The third-order valence-electron chi connectivity index (χ3n) is 4.55. The average Bonchev–Trinajstić information content (AvgIpc) is 2.88. The molecule has 0 radical (unpaired) electrons. The smallest absolute Gasteiger partial charge is 0.0414 e. The van der Waals surface area contributed by atoms with Crippen molar-refractivity contribution < 1.29 is 0 Å². The lowest BCUT2D eigenvalue weighted by atomic mass is 9.95. The van der Waals surface area contributed by atoms with Crippen LogP contribution in [0.4, 0.5) is 0 Å². The van der Waals surface area contributed by atoms with Crippen molar-refractivity contribution in [2.24, 2.45) is 5.92 Å². The highest BCUT2D eigenvalue weighted by Crippen LogP contribution is 2.31. The lowest BCUT2D eigenvalue weighted by molar-refractivity contribution is 0.617. The lowest BCUT2D eigenvalue weighted by Crippen LogP contribution is -2.21. The average molecular weight is 292 g/mol. The molecule has 1 unspecified atom stereocenters. The molecule has 0 amide bonds. The van der Waals surface area contributed by atoms with Gasteiger partial charge in [-0.15, -0.1) is 0 Å². The summed E-state index contributed by atoms with van der Waals surface area (Å²) in [4.78, 5) is 0. The Bertz CT molecular complexity index is 412. The molecule has 20 heavy (non-hydrogen) atoms. The van der Waals surface area contributed by atoms with Gasteiger partial charge < -0.3 is 5.32 Å². The molecular weight excluding hydrogens is 262 g/mol. The van der Waals surface area contributed by atoms with Gasteiger partial charge >= 0.3 is 0 Å². The van der Waals surface area contributed by atoms with Crippen molar-refractivity contribution in [3.05, 3.63) is 34.4 Å². The summed E-state index contributed by atoms with van der Waals surface area (Å²) in [6, 6.07) is 5.12. The van der Waals surface area contributed by atoms with Gasteiger partial charge in [0.25, 0.3) is 0 Å². The van der Waals surface area contributed by atoms with Gasteiger partial charge in [-0.1, -0.05) is 30.5 Å². The molecule has 0 heterocycles. The Kier molecular flexibility index (Phi) is 5.98. The monoisotopic (exact) mass is 291 g/mol. The first-order chi connectivity index (χ1) is 9.61. The van der Waals surface area contributed by atoms with Crippen LogP contribution in [0.1, 0.15) is 54.0 Å². The van der Waals surface area contributed by atoms with Crippen molar-refractivity contribution in [1.82, 2.24) is 5.32 Å². The molecule has 0 aliphatic heterocycles. The van der Waals surface area contributed by atoms with Crippen molar-refractivity contribution in [2.75, 3.05) is 18.6 Å². The second-order valence-corrected chi connectivity index (χ2v) is 7.42. The fourth-order valence-electron chi connectivity index (χ4n) is 3.58. The van der Waals surface area contributed by atoms with Gasteiger partial charge in [-0.2, -0.15) is 11.8 Å². The van der Waals surface area contributed by atoms with Gasteiger partial charge in [0.05, 0.1) is 0 Å². The second-order valence-electron chi connectivity index (χ2n) is 6.34. The van der Waals surface area contributed by atoms with E-state index < -0.39 is 0 Å². The fourth-order valence-corrected chi connectivity index (χ4v) is 4.95. The van der Waals surface area contributed by atoms with Crippen molar-refractivity contribution in [3.63, 3.8) is 0 Å². The summed E-state index contributed by atoms with van der Waals surface area (Å²) >= 11 is 2.14. The first-order valence-corrected chi connectivity index (χ1v) is 9.10. The lowest BCUT2D eigenvalue weighted by Gasteiger charge is -2.22. The van der Waals surface area contributed by atoms with Crippen LogP contribution in [0.15, 0.2) is 12.1 Å². The Morgan fingerprint density at radius 2 is 1.75 bits per heavy atom. The van der Waals surface area contributed by atoms with Crippen LogP contribution in [0.5, 0.6) is 0 Å². The van der Waals surface area contributed by atoms with Crippen molar-refractivity contribution >= 4 is 11.8 Å². The molecule has 1 nitrogen and oxygen atoms in total. The fraction of sp³-hybridized carbons (Fsp3) is 0.667. The highest BCUT2D eigenvalue weighted by Gasteiger charge is 2.18. The molecule has 0 aromatic heterocycles. The maximum absolute atomic E-state index is 3.52. The van der Waals surface area contributed by atoms with E-state index in [0.29, 0.717) is 6.04 Å². The summed E-state index contributed by atoms with van der Waals surface area (Å²) in [6.45, 7) is 6.69. The highest BCUT2D eigenvalue weighted by molar-refractivity contribution is 7.99. The van der Waals surface area contributed by atoms with E-state index in [0.717, 1.165) is 5.92 Å². The minimum Gasteiger partial charge on any atom is -0.312 e. The minimum atomic E-state index is 0.488. The van der Waals surface area contributed by atoms with Gasteiger partial charge in [-0.05, 0) is 69.0 Å². The van der Waals surface area contributed by atoms with Crippen molar-refractivity contribution in [3.8, 4) is 0 Å². The predicted molar refractivity (Wildman–Crippen MR) is 91.7 cm³/mol. The summed E-state index contributed by atoms with van der Waals surface area (Å²) < 4.78 is 0. The van der Waals surface area contributed by atoms with E-state index >= 15 is 0 Å². The van der Waals surface area contributed by atoms with Gasteiger partial charge in [0.2, 0.25) is 0 Å². The SMILES string of the molecule is CNC(CSCC1CCCC1)c1c(C)cc(C)cc1C. The van der Waals surface area contributed by atoms with Gasteiger partial charge in [0, 0.05) is 11.8 Å². The number of aryl methyl sites for hydroxylation is 3. The third-order valence-corrected chi connectivity index (χ3v) is 5.82. The van der Waals surface area contributed by atoms with Crippen LogP contribution in [-0.4, -0.2) is 18.6 Å². The van der Waals surface area contributed by atoms with E-state index in [1.807, 2.05) is 0 Å².